The second-order valence-electron chi connectivity index (χ2n) is 5.64. The van der Waals surface area contributed by atoms with Gasteiger partial charge in [0.05, 0.1) is 12.8 Å². The maximum absolute atomic E-state index is 12.5. The Balaban J connectivity index is 2.49. The summed E-state index contributed by atoms with van der Waals surface area (Å²) >= 11 is 0. The molecule has 0 saturated carbocycles. The molecule has 0 spiro atoms. The maximum Gasteiger partial charge on any atom is 0.251 e. The molecule has 20 heavy (non-hydrogen) atoms. The monoisotopic (exact) mass is 274 g/mol. The summed E-state index contributed by atoms with van der Waals surface area (Å²) in [5.74, 6) is 1.27. The second-order valence-corrected chi connectivity index (χ2v) is 5.64. The van der Waals surface area contributed by atoms with Crippen molar-refractivity contribution in [3.8, 4) is 5.75 Å². The topological polar surface area (TPSA) is 41.9 Å². The lowest BCUT2D eigenvalue weighted by Crippen LogP contribution is -2.35. The van der Waals surface area contributed by atoms with Crippen LogP contribution < -0.4 is 9.64 Å². The van der Waals surface area contributed by atoms with Gasteiger partial charge in [0.1, 0.15) is 11.8 Å². The van der Waals surface area contributed by atoms with Crippen LogP contribution in [0.25, 0.3) is 0 Å². The highest BCUT2D eigenvalue weighted by molar-refractivity contribution is 6.11. The maximum atomic E-state index is 12.5. The highest BCUT2D eigenvalue weighted by Gasteiger charge is 2.28. The van der Waals surface area contributed by atoms with E-state index in [-0.39, 0.29) is 11.9 Å². The van der Waals surface area contributed by atoms with Gasteiger partial charge in [-0.05, 0) is 37.5 Å². The Kier molecular flexibility index (Phi) is 4.12. The number of methoxy groups -OCH3 is 1. The summed E-state index contributed by atoms with van der Waals surface area (Å²) in [5, 5.41) is 0. The first-order valence-corrected chi connectivity index (χ1v) is 6.94. The smallest absolute Gasteiger partial charge is 0.251 e. The van der Waals surface area contributed by atoms with E-state index in [4.69, 9.17) is 4.74 Å². The molecule has 4 nitrogen and oxygen atoms in total. The van der Waals surface area contributed by atoms with Gasteiger partial charge < -0.3 is 9.64 Å². The molecular weight excluding hydrogens is 252 g/mol. The number of amides is 1. The summed E-state index contributed by atoms with van der Waals surface area (Å²) in [6.45, 7) is 6.18. The fourth-order valence-electron chi connectivity index (χ4n) is 2.53. The van der Waals surface area contributed by atoms with Crippen LogP contribution in [-0.2, 0) is 4.79 Å². The lowest BCUT2D eigenvalue weighted by molar-refractivity contribution is -0.119. The lowest BCUT2D eigenvalue weighted by Gasteiger charge is -2.21. The molecule has 1 aromatic carbocycles. The van der Waals surface area contributed by atoms with Crippen LogP contribution in [0.15, 0.2) is 23.2 Å². The van der Waals surface area contributed by atoms with E-state index in [0.29, 0.717) is 5.92 Å². The van der Waals surface area contributed by atoms with Crippen molar-refractivity contribution in [2.75, 3.05) is 19.1 Å². The Hall–Kier alpha value is -1.84. The molecule has 0 N–H and O–H groups in total. The minimum Gasteiger partial charge on any atom is -0.497 e. The predicted molar refractivity (Wildman–Crippen MR) is 81.9 cm³/mol. The number of rotatable bonds is 3. The van der Waals surface area contributed by atoms with E-state index in [1.807, 2.05) is 32.2 Å². The van der Waals surface area contributed by atoms with Crippen molar-refractivity contribution in [2.45, 2.75) is 33.2 Å². The van der Waals surface area contributed by atoms with E-state index in [9.17, 15) is 4.79 Å². The minimum absolute atomic E-state index is 0.0574. The zero-order valence-corrected chi connectivity index (χ0v) is 12.8. The van der Waals surface area contributed by atoms with E-state index in [2.05, 4.69) is 18.8 Å². The van der Waals surface area contributed by atoms with Gasteiger partial charge in [-0.3, -0.25) is 9.79 Å². The Morgan fingerprint density at radius 3 is 2.70 bits per heavy atom. The Morgan fingerprint density at radius 1 is 1.40 bits per heavy atom. The molecule has 0 saturated heterocycles. The molecule has 1 aliphatic rings. The number of fused-ring (bicyclic) bond motifs is 1. The van der Waals surface area contributed by atoms with E-state index in [1.165, 1.54) is 0 Å². The number of carbonyl (C=O) groups excluding carboxylic acids is 1. The van der Waals surface area contributed by atoms with E-state index < -0.39 is 0 Å². The molecule has 0 bridgehead atoms. The first-order valence-electron chi connectivity index (χ1n) is 6.94. The molecule has 2 rings (SSSR count). The number of anilines is 1. The molecular formula is C16H22N2O2. The third kappa shape index (κ3) is 2.69. The minimum atomic E-state index is -0.293. The van der Waals surface area contributed by atoms with Crippen LogP contribution in [-0.4, -0.2) is 31.8 Å². The van der Waals surface area contributed by atoms with Crippen molar-refractivity contribution in [1.82, 2.24) is 0 Å². The summed E-state index contributed by atoms with van der Waals surface area (Å²) < 4.78 is 5.26. The number of hydrogen-bond acceptors (Lipinski definition) is 3. The largest absolute Gasteiger partial charge is 0.497 e. The highest BCUT2D eigenvalue weighted by Crippen LogP contribution is 2.29. The van der Waals surface area contributed by atoms with Crippen LogP contribution in [0.4, 0.5) is 5.69 Å². The van der Waals surface area contributed by atoms with Gasteiger partial charge in [-0.1, -0.05) is 13.8 Å². The molecule has 4 heteroatoms. The highest BCUT2D eigenvalue weighted by atomic mass is 16.5. The van der Waals surface area contributed by atoms with Crippen molar-refractivity contribution in [1.29, 1.82) is 0 Å². The van der Waals surface area contributed by atoms with E-state index in [0.717, 1.165) is 29.1 Å². The van der Waals surface area contributed by atoms with Crippen molar-refractivity contribution in [2.24, 2.45) is 10.9 Å². The molecule has 1 aromatic rings. The van der Waals surface area contributed by atoms with Gasteiger partial charge in [0, 0.05) is 18.3 Å². The average molecular weight is 274 g/mol. The SMILES string of the molecule is COc1ccc2c(c1)C(C)=NC(CC(C)C)C(=O)N2C. The van der Waals surface area contributed by atoms with Gasteiger partial charge in [0.15, 0.2) is 0 Å². The molecule has 1 aliphatic heterocycles. The van der Waals surface area contributed by atoms with Gasteiger partial charge in [-0.2, -0.15) is 0 Å². The summed E-state index contributed by atoms with van der Waals surface area (Å²) in [5.41, 5.74) is 2.75. The molecule has 0 fully saturated rings. The average Bonchev–Trinajstić information content (AvgIpc) is 2.50. The summed E-state index contributed by atoms with van der Waals surface area (Å²) in [6.07, 6.45) is 0.769. The number of benzodiazepines with no additional fused rings is 1. The Bertz CT molecular complexity index is 549. The molecule has 1 unspecified atom stereocenters. The molecule has 1 atom stereocenters. The first-order chi connectivity index (χ1) is 9.43. The van der Waals surface area contributed by atoms with Gasteiger partial charge in [0.2, 0.25) is 0 Å². The van der Waals surface area contributed by atoms with Crippen molar-refractivity contribution in [3.05, 3.63) is 23.8 Å². The molecule has 1 amide bonds. The number of hydrogen-bond donors (Lipinski definition) is 0. The second kappa shape index (κ2) is 5.65. The predicted octanol–water partition coefficient (Wildman–Crippen LogP) is 2.90. The Morgan fingerprint density at radius 2 is 2.10 bits per heavy atom. The third-order valence-electron chi connectivity index (χ3n) is 3.61. The summed E-state index contributed by atoms with van der Waals surface area (Å²) in [7, 11) is 3.45. The van der Waals surface area contributed by atoms with E-state index >= 15 is 0 Å². The molecule has 0 radical (unpaired) electrons. The van der Waals surface area contributed by atoms with Crippen LogP contribution in [0.5, 0.6) is 5.75 Å². The lowest BCUT2D eigenvalue weighted by atomic mass is 10.0. The molecule has 0 aliphatic carbocycles. The Labute approximate surface area is 120 Å². The first kappa shape index (κ1) is 14.6. The third-order valence-corrected chi connectivity index (χ3v) is 3.61. The van der Waals surface area contributed by atoms with Crippen molar-refractivity contribution in [3.63, 3.8) is 0 Å². The zero-order chi connectivity index (χ0) is 14.9. The van der Waals surface area contributed by atoms with Crippen LogP contribution in [0.2, 0.25) is 0 Å². The zero-order valence-electron chi connectivity index (χ0n) is 12.8. The fourth-order valence-corrected chi connectivity index (χ4v) is 2.53. The van der Waals surface area contributed by atoms with Gasteiger partial charge in [0.25, 0.3) is 5.91 Å². The van der Waals surface area contributed by atoms with Gasteiger partial charge in [-0.15, -0.1) is 0 Å². The molecule has 1 heterocycles. The number of nitrogens with zero attached hydrogens (tertiary/aromatic N) is 2. The fraction of sp³-hybridized carbons (Fsp3) is 0.500. The van der Waals surface area contributed by atoms with Crippen LogP contribution in [0.1, 0.15) is 32.8 Å². The number of likely N-dealkylation sites (N-methyl/N-ethyl adjacent to an activating group) is 1. The van der Waals surface area contributed by atoms with Crippen LogP contribution in [0.3, 0.4) is 0 Å². The number of aliphatic imine (C=N–C) groups is 1. The van der Waals surface area contributed by atoms with Crippen LogP contribution in [0, 0.1) is 5.92 Å². The van der Waals surface area contributed by atoms with Crippen molar-refractivity contribution >= 4 is 17.3 Å². The van der Waals surface area contributed by atoms with Gasteiger partial charge >= 0.3 is 0 Å². The quantitative estimate of drug-likeness (QED) is 0.850. The standard InChI is InChI=1S/C16H22N2O2/c1-10(2)8-14-16(19)18(4)15-7-6-12(20-5)9-13(15)11(3)17-14/h6-7,9-10,14H,8H2,1-5H3. The molecule has 108 valence electrons. The summed E-state index contributed by atoms with van der Waals surface area (Å²) in [4.78, 5) is 18.9. The van der Waals surface area contributed by atoms with Crippen LogP contribution >= 0.6 is 0 Å². The van der Waals surface area contributed by atoms with Gasteiger partial charge in [-0.25, -0.2) is 0 Å². The number of benzene rings is 1. The van der Waals surface area contributed by atoms with E-state index in [1.54, 1.807) is 12.0 Å². The van der Waals surface area contributed by atoms with Crippen molar-refractivity contribution < 1.29 is 9.53 Å². The number of ether oxygens (including phenoxy) is 1. The molecule has 0 aromatic heterocycles. The summed E-state index contributed by atoms with van der Waals surface area (Å²) in [6, 6.07) is 5.44. The number of carbonyl (C=O) groups is 1. The normalized spacial score (nSPS) is 18.7.